The van der Waals surface area contributed by atoms with Crippen molar-refractivity contribution < 1.29 is 19.4 Å². The van der Waals surface area contributed by atoms with Crippen LogP contribution in [0.3, 0.4) is 0 Å². The molecule has 0 atom stereocenters. The lowest BCUT2D eigenvalue weighted by atomic mass is 9.90. The molecule has 0 spiro atoms. The Hall–Kier alpha value is -2.93. The number of rotatable bonds is 8. The Morgan fingerprint density at radius 1 is 1.00 bits per heavy atom. The average Bonchev–Trinajstić information content (AvgIpc) is 2.77. The highest BCUT2D eigenvalue weighted by Crippen LogP contribution is 2.33. The molecule has 35 heavy (non-hydrogen) atoms. The van der Waals surface area contributed by atoms with Crippen molar-refractivity contribution in [1.82, 2.24) is 4.98 Å². The van der Waals surface area contributed by atoms with E-state index in [-0.39, 0.29) is 43.5 Å². The molecular weight excluding hydrogens is 487 g/mol. The fraction of sp³-hybridized carbons (Fsp3) is 0.296. The molecule has 2 aromatic carbocycles. The van der Waals surface area contributed by atoms with Crippen LogP contribution >= 0.6 is 24.8 Å². The van der Waals surface area contributed by atoms with E-state index in [1.165, 1.54) is 12.1 Å². The molecule has 3 N–H and O–H groups in total. The molecule has 8 heteroatoms. The van der Waals surface area contributed by atoms with Gasteiger partial charge in [-0.25, -0.2) is 9.59 Å². The number of esters is 1. The van der Waals surface area contributed by atoms with Crippen LogP contribution in [0.2, 0.25) is 0 Å². The molecule has 0 bridgehead atoms. The lowest BCUT2D eigenvalue weighted by Crippen LogP contribution is -2.17. The topological polar surface area (TPSA) is 103 Å². The largest absolute Gasteiger partial charge is 0.478 e. The number of hydrogen-bond donors (Lipinski definition) is 2. The van der Waals surface area contributed by atoms with Gasteiger partial charge in [0.1, 0.15) is 6.61 Å². The van der Waals surface area contributed by atoms with Gasteiger partial charge in [-0.15, -0.1) is 24.8 Å². The molecule has 0 fully saturated rings. The minimum Gasteiger partial charge on any atom is -0.478 e. The maximum Gasteiger partial charge on any atom is 0.340 e. The van der Waals surface area contributed by atoms with Gasteiger partial charge in [-0.05, 0) is 55.0 Å². The minimum absolute atomic E-state index is 0. The Morgan fingerprint density at radius 2 is 1.60 bits per heavy atom. The number of ether oxygens (including phenoxy) is 1. The molecule has 0 aliphatic heterocycles. The summed E-state index contributed by atoms with van der Waals surface area (Å²) in [7, 11) is 0. The van der Waals surface area contributed by atoms with E-state index in [1.807, 2.05) is 38.1 Å². The van der Waals surface area contributed by atoms with Crippen molar-refractivity contribution in [1.29, 1.82) is 0 Å². The quantitative estimate of drug-likeness (QED) is 0.358. The fourth-order valence-electron chi connectivity index (χ4n) is 3.83. The van der Waals surface area contributed by atoms with E-state index in [0.717, 1.165) is 34.4 Å². The van der Waals surface area contributed by atoms with E-state index in [9.17, 15) is 9.59 Å². The van der Waals surface area contributed by atoms with Crippen LogP contribution in [0, 0.1) is 19.8 Å². The molecule has 0 unspecified atom stereocenters. The smallest absolute Gasteiger partial charge is 0.340 e. The van der Waals surface area contributed by atoms with Gasteiger partial charge in [0.05, 0.1) is 16.8 Å². The van der Waals surface area contributed by atoms with Crippen LogP contribution in [0.15, 0.2) is 48.5 Å². The van der Waals surface area contributed by atoms with E-state index < -0.39 is 11.9 Å². The number of halogens is 2. The number of carbonyl (C=O) groups excluding carboxylic acids is 1. The summed E-state index contributed by atoms with van der Waals surface area (Å²) in [4.78, 5) is 29.1. The van der Waals surface area contributed by atoms with Crippen molar-refractivity contribution in [2.45, 2.75) is 47.3 Å². The van der Waals surface area contributed by atoms with Crippen LogP contribution in [0.25, 0.3) is 11.1 Å². The number of pyridine rings is 1. The second-order valence-corrected chi connectivity index (χ2v) is 8.62. The van der Waals surface area contributed by atoms with Gasteiger partial charge in [-0.1, -0.05) is 55.8 Å². The number of nitrogens with two attached hydrogens (primary N) is 1. The molecule has 0 saturated heterocycles. The first-order chi connectivity index (χ1) is 15.7. The standard InChI is InChI=1S/C27H30N2O4.2ClH/c1-16(2)13-23-22(14-28)25(20-9-5-17(3)6-10-20)24(18(4)29-23)27(32)33-15-19-7-11-21(12-8-19)26(30)31;;/h5-12,16H,13-15,28H2,1-4H3,(H,30,31);2*1H. The number of aryl methyl sites for hydroxylation is 2. The van der Waals surface area contributed by atoms with Gasteiger partial charge in [0.2, 0.25) is 0 Å². The Balaban J connectivity index is 0.00000306. The van der Waals surface area contributed by atoms with Gasteiger partial charge in [0.15, 0.2) is 0 Å². The van der Waals surface area contributed by atoms with Crippen molar-refractivity contribution in [2.24, 2.45) is 11.7 Å². The second-order valence-electron chi connectivity index (χ2n) is 8.62. The average molecular weight is 519 g/mol. The van der Waals surface area contributed by atoms with Crippen LogP contribution in [0.1, 0.15) is 62.6 Å². The summed E-state index contributed by atoms with van der Waals surface area (Å²) in [5.41, 5.74) is 12.6. The minimum atomic E-state index is -1.00. The summed E-state index contributed by atoms with van der Waals surface area (Å²) in [5, 5.41) is 9.05. The summed E-state index contributed by atoms with van der Waals surface area (Å²) in [5.74, 6) is -1.10. The monoisotopic (exact) mass is 518 g/mol. The third-order valence-corrected chi connectivity index (χ3v) is 5.49. The van der Waals surface area contributed by atoms with Crippen molar-refractivity contribution >= 4 is 36.8 Å². The molecule has 0 saturated carbocycles. The van der Waals surface area contributed by atoms with Crippen molar-refractivity contribution in [3.05, 3.63) is 87.7 Å². The first-order valence-corrected chi connectivity index (χ1v) is 11.0. The number of hydrogen-bond acceptors (Lipinski definition) is 5. The van der Waals surface area contributed by atoms with Gasteiger partial charge in [0, 0.05) is 17.8 Å². The number of aromatic carboxylic acids is 1. The highest BCUT2D eigenvalue weighted by atomic mass is 35.5. The predicted molar refractivity (Wildman–Crippen MR) is 143 cm³/mol. The van der Waals surface area contributed by atoms with Crippen LogP contribution in [0.5, 0.6) is 0 Å². The van der Waals surface area contributed by atoms with Crippen molar-refractivity contribution in [2.75, 3.05) is 0 Å². The molecular formula is C27H32Cl2N2O4. The van der Waals surface area contributed by atoms with Gasteiger partial charge < -0.3 is 15.6 Å². The fourth-order valence-corrected chi connectivity index (χ4v) is 3.83. The van der Waals surface area contributed by atoms with Crippen LogP contribution in [0.4, 0.5) is 0 Å². The van der Waals surface area contributed by atoms with Crippen molar-refractivity contribution in [3.8, 4) is 11.1 Å². The zero-order valence-corrected chi connectivity index (χ0v) is 22.0. The van der Waals surface area contributed by atoms with Gasteiger partial charge in [0.25, 0.3) is 0 Å². The summed E-state index contributed by atoms with van der Waals surface area (Å²) in [6, 6.07) is 14.2. The molecule has 188 valence electrons. The normalized spacial score (nSPS) is 10.3. The molecule has 1 aromatic heterocycles. The molecule has 3 aromatic rings. The molecule has 6 nitrogen and oxygen atoms in total. The molecule has 0 aliphatic rings. The highest BCUT2D eigenvalue weighted by molar-refractivity contribution is 5.99. The summed E-state index contributed by atoms with van der Waals surface area (Å²) in [6.07, 6.45) is 0.761. The SMILES string of the molecule is Cc1ccc(-c2c(CN)c(CC(C)C)nc(C)c2C(=O)OCc2ccc(C(=O)O)cc2)cc1.Cl.Cl. The number of carboxylic acids is 1. The lowest BCUT2D eigenvalue weighted by Gasteiger charge is -2.20. The number of aromatic nitrogens is 1. The zero-order chi connectivity index (χ0) is 24.1. The lowest BCUT2D eigenvalue weighted by molar-refractivity contribution is 0.0471. The Morgan fingerprint density at radius 3 is 2.11 bits per heavy atom. The first kappa shape index (κ1) is 30.1. The maximum absolute atomic E-state index is 13.3. The Labute approximate surface area is 218 Å². The third-order valence-electron chi connectivity index (χ3n) is 5.49. The number of benzene rings is 2. The third kappa shape index (κ3) is 7.28. The Bertz CT molecular complexity index is 1160. The summed E-state index contributed by atoms with van der Waals surface area (Å²) >= 11 is 0. The van der Waals surface area contributed by atoms with Crippen LogP contribution < -0.4 is 5.73 Å². The van der Waals surface area contributed by atoms with E-state index in [0.29, 0.717) is 22.7 Å². The molecule has 0 radical (unpaired) electrons. The molecule has 3 rings (SSSR count). The number of nitrogens with zero attached hydrogens (tertiary/aromatic N) is 1. The first-order valence-electron chi connectivity index (χ1n) is 11.0. The molecule has 1 heterocycles. The van der Waals surface area contributed by atoms with E-state index in [1.54, 1.807) is 12.1 Å². The second kappa shape index (κ2) is 13.2. The highest BCUT2D eigenvalue weighted by Gasteiger charge is 2.24. The van der Waals surface area contributed by atoms with E-state index in [2.05, 4.69) is 13.8 Å². The van der Waals surface area contributed by atoms with Gasteiger partial charge >= 0.3 is 11.9 Å². The predicted octanol–water partition coefficient (Wildman–Crippen LogP) is 5.92. The summed E-state index contributed by atoms with van der Waals surface area (Å²) in [6.45, 7) is 8.37. The van der Waals surface area contributed by atoms with E-state index >= 15 is 0 Å². The maximum atomic E-state index is 13.3. The zero-order valence-electron chi connectivity index (χ0n) is 20.3. The molecule has 0 amide bonds. The van der Waals surface area contributed by atoms with Crippen LogP contribution in [-0.4, -0.2) is 22.0 Å². The Kier molecular flexibility index (Phi) is 11.4. The van der Waals surface area contributed by atoms with Gasteiger partial charge in [-0.3, -0.25) is 4.98 Å². The molecule has 0 aliphatic carbocycles. The van der Waals surface area contributed by atoms with E-state index in [4.69, 9.17) is 20.6 Å². The van der Waals surface area contributed by atoms with Crippen molar-refractivity contribution in [3.63, 3.8) is 0 Å². The summed E-state index contributed by atoms with van der Waals surface area (Å²) < 4.78 is 5.63. The van der Waals surface area contributed by atoms with Crippen LogP contribution in [-0.2, 0) is 24.3 Å². The number of carboxylic acid groups (broad SMARTS) is 1. The van der Waals surface area contributed by atoms with Gasteiger partial charge in [-0.2, -0.15) is 0 Å². The number of carbonyl (C=O) groups is 2.